The van der Waals surface area contributed by atoms with Gasteiger partial charge >= 0.3 is 0 Å². The molecule has 0 unspecified atom stereocenters. The van der Waals surface area contributed by atoms with Crippen LogP contribution in [0.15, 0.2) is 0 Å². The zero-order valence-corrected chi connectivity index (χ0v) is 10.8. The van der Waals surface area contributed by atoms with Crippen LogP contribution in [-0.4, -0.2) is 23.8 Å². The molecule has 0 bridgehead atoms. The van der Waals surface area contributed by atoms with Crippen molar-refractivity contribution in [1.82, 2.24) is 0 Å². The van der Waals surface area contributed by atoms with E-state index in [4.69, 9.17) is 22.3 Å². The van der Waals surface area contributed by atoms with E-state index in [1.54, 1.807) is 0 Å². The van der Waals surface area contributed by atoms with Crippen LogP contribution in [0, 0.1) is 24.7 Å². The number of ether oxygens (including phenoxy) is 2. The van der Waals surface area contributed by atoms with Crippen LogP contribution in [0.25, 0.3) is 0 Å². The minimum atomic E-state index is -0.403. The van der Waals surface area contributed by atoms with E-state index in [1.807, 2.05) is 0 Å². The Balaban J connectivity index is 4.45. The molecule has 0 aromatic carbocycles. The molecule has 0 saturated heterocycles. The van der Waals surface area contributed by atoms with E-state index >= 15 is 0 Å². The van der Waals surface area contributed by atoms with E-state index in [9.17, 15) is 0 Å². The molecule has 3 heteroatoms. The van der Waals surface area contributed by atoms with Crippen LogP contribution in [0.2, 0.25) is 0 Å². The predicted molar refractivity (Wildman–Crippen MR) is 65.6 cm³/mol. The van der Waals surface area contributed by atoms with Gasteiger partial charge in [-0.15, -0.1) is 12.8 Å². The fourth-order valence-corrected chi connectivity index (χ4v) is 1.44. The van der Waals surface area contributed by atoms with Crippen molar-refractivity contribution < 1.29 is 9.47 Å². The Bertz CT molecular complexity index is 227. The minimum Gasteiger partial charge on any atom is -0.338 e. The van der Waals surface area contributed by atoms with Gasteiger partial charge in [-0.1, -0.05) is 41.6 Å². The molecular weight excluding hydrogens is 256 g/mol. The summed E-state index contributed by atoms with van der Waals surface area (Å²) >= 11 is 3.62. The van der Waals surface area contributed by atoms with Gasteiger partial charge in [0, 0.05) is 0 Å². The van der Waals surface area contributed by atoms with Gasteiger partial charge in [-0.05, 0) is 12.8 Å². The third kappa shape index (κ3) is 4.71. The fourth-order valence-electron chi connectivity index (χ4n) is 1.18. The number of terminal acetylenes is 2. The van der Waals surface area contributed by atoms with Gasteiger partial charge in [-0.25, -0.2) is 0 Å². The van der Waals surface area contributed by atoms with Gasteiger partial charge in [0.2, 0.25) is 0 Å². The van der Waals surface area contributed by atoms with Crippen molar-refractivity contribution in [2.24, 2.45) is 0 Å². The molecule has 2 nitrogen and oxygen atoms in total. The average Bonchev–Trinajstić information content (AvgIpc) is 2.28. The molecule has 0 radical (unpaired) electrons. The quantitative estimate of drug-likeness (QED) is 0.403. The standard InChI is InChI=1S/C12H17BrO2/c1-5-9-14-11(15-10-6-2)12(13,7-3)8-4/h1-2,11H,7-10H2,3-4H3. The lowest BCUT2D eigenvalue weighted by Gasteiger charge is -2.32. The van der Waals surface area contributed by atoms with Crippen molar-refractivity contribution in [3.8, 4) is 24.7 Å². The van der Waals surface area contributed by atoms with E-state index in [2.05, 4.69) is 41.6 Å². The Morgan fingerprint density at radius 3 is 1.80 bits per heavy atom. The second kappa shape index (κ2) is 7.77. The molecule has 0 spiro atoms. The summed E-state index contributed by atoms with van der Waals surface area (Å²) in [5.74, 6) is 4.84. The maximum atomic E-state index is 5.44. The third-order valence-electron chi connectivity index (χ3n) is 2.23. The van der Waals surface area contributed by atoms with E-state index in [0.29, 0.717) is 0 Å². The lowest BCUT2D eigenvalue weighted by atomic mass is 10.0. The largest absolute Gasteiger partial charge is 0.338 e. The zero-order valence-electron chi connectivity index (χ0n) is 9.25. The van der Waals surface area contributed by atoms with Crippen LogP contribution < -0.4 is 0 Å². The minimum absolute atomic E-state index is 0.222. The SMILES string of the molecule is C#CCOC(OCC#C)C(Br)(CC)CC. The highest BCUT2D eigenvalue weighted by Gasteiger charge is 2.34. The summed E-state index contributed by atoms with van der Waals surface area (Å²) in [6.45, 7) is 4.57. The van der Waals surface area contributed by atoms with Crippen molar-refractivity contribution in [3.63, 3.8) is 0 Å². The zero-order chi connectivity index (χ0) is 11.7. The van der Waals surface area contributed by atoms with E-state index in [-0.39, 0.29) is 17.5 Å². The average molecular weight is 273 g/mol. The highest BCUT2D eigenvalue weighted by Crippen LogP contribution is 2.32. The second-order valence-electron chi connectivity index (χ2n) is 3.10. The molecule has 0 aliphatic carbocycles. The second-order valence-corrected chi connectivity index (χ2v) is 4.68. The first-order valence-corrected chi connectivity index (χ1v) is 5.73. The molecule has 0 aliphatic heterocycles. The molecule has 0 saturated carbocycles. The number of hydrogen-bond donors (Lipinski definition) is 0. The van der Waals surface area contributed by atoms with Crippen molar-refractivity contribution in [2.75, 3.05) is 13.2 Å². The molecule has 84 valence electrons. The highest BCUT2D eigenvalue weighted by molar-refractivity contribution is 9.10. The Labute approximate surface area is 101 Å². The normalized spacial score (nSPS) is 11.1. The fraction of sp³-hybridized carbons (Fsp3) is 0.667. The molecule has 0 aromatic heterocycles. The van der Waals surface area contributed by atoms with Gasteiger partial charge in [-0.3, -0.25) is 0 Å². The molecule has 0 amide bonds. The summed E-state index contributed by atoms with van der Waals surface area (Å²) < 4.78 is 10.7. The first-order chi connectivity index (χ1) is 7.14. The van der Waals surface area contributed by atoms with Crippen molar-refractivity contribution in [3.05, 3.63) is 0 Å². The molecule has 0 fully saturated rings. The maximum absolute atomic E-state index is 5.44. The summed E-state index contributed by atoms with van der Waals surface area (Å²) in [5, 5.41) is 0. The first-order valence-electron chi connectivity index (χ1n) is 4.93. The van der Waals surface area contributed by atoms with Crippen molar-refractivity contribution >= 4 is 15.9 Å². The molecule has 0 aromatic rings. The lowest BCUT2D eigenvalue weighted by molar-refractivity contribution is -0.144. The van der Waals surface area contributed by atoms with E-state index in [0.717, 1.165) is 12.8 Å². The molecule has 0 atom stereocenters. The highest BCUT2D eigenvalue weighted by atomic mass is 79.9. The number of halogens is 1. The Morgan fingerprint density at radius 1 is 1.13 bits per heavy atom. The Hall–Kier alpha value is -0.480. The Morgan fingerprint density at radius 2 is 1.53 bits per heavy atom. The number of rotatable bonds is 7. The monoisotopic (exact) mass is 272 g/mol. The van der Waals surface area contributed by atoms with Crippen LogP contribution in [-0.2, 0) is 9.47 Å². The number of hydrogen-bond acceptors (Lipinski definition) is 2. The first kappa shape index (κ1) is 14.5. The van der Waals surface area contributed by atoms with Gasteiger partial charge in [0.25, 0.3) is 0 Å². The third-order valence-corrected chi connectivity index (χ3v) is 3.73. The Kier molecular flexibility index (Phi) is 7.52. The van der Waals surface area contributed by atoms with Crippen molar-refractivity contribution in [2.45, 2.75) is 37.3 Å². The van der Waals surface area contributed by atoms with Gasteiger partial charge in [0.15, 0.2) is 6.29 Å². The molecular formula is C12H17BrO2. The predicted octanol–water partition coefficient (Wildman–Crippen LogP) is 2.57. The summed E-state index contributed by atoms with van der Waals surface area (Å²) in [6, 6.07) is 0. The lowest BCUT2D eigenvalue weighted by Crippen LogP contribution is -2.39. The smallest absolute Gasteiger partial charge is 0.175 e. The number of alkyl halides is 1. The summed E-state index contributed by atoms with van der Waals surface area (Å²) in [7, 11) is 0. The van der Waals surface area contributed by atoms with Crippen LogP contribution in [0.3, 0.4) is 0 Å². The molecule has 0 rings (SSSR count). The molecule has 0 aliphatic rings. The molecule has 0 heterocycles. The summed E-state index contributed by atoms with van der Waals surface area (Å²) in [5.41, 5.74) is 0. The maximum Gasteiger partial charge on any atom is 0.175 e. The summed E-state index contributed by atoms with van der Waals surface area (Å²) in [4.78, 5) is 0. The van der Waals surface area contributed by atoms with Gasteiger partial charge in [-0.2, -0.15) is 0 Å². The summed E-state index contributed by atoms with van der Waals surface area (Å²) in [6.07, 6.45) is 11.6. The molecule has 15 heavy (non-hydrogen) atoms. The van der Waals surface area contributed by atoms with E-state index < -0.39 is 6.29 Å². The van der Waals surface area contributed by atoms with Crippen LogP contribution in [0.5, 0.6) is 0 Å². The van der Waals surface area contributed by atoms with Crippen LogP contribution >= 0.6 is 15.9 Å². The topological polar surface area (TPSA) is 18.5 Å². The molecule has 0 N–H and O–H groups in total. The van der Waals surface area contributed by atoms with Gasteiger partial charge in [0.05, 0.1) is 4.32 Å². The van der Waals surface area contributed by atoms with Crippen molar-refractivity contribution in [1.29, 1.82) is 0 Å². The van der Waals surface area contributed by atoms with E-state index in [1.165, 1.54) is 0 Å². The van der Waals surface area contributed by atoms with Crippen LogP contribution in [0.4, 0.5) is 0 Å². The van der Waals surface area contributed by atoms with Gasteiger partial charge < -0.3 is 9.47 Å². The van der Waals surface area contributed by atoms with Crippen LogP contribution in [0.1, 0.15) is 26.7 Å². The van der Waals surface area contributed by atoms with Gasteiger partial charge in [0.1, 0.15) is 13.2 Å².